The van der Waals surface area contributed by atoms with Crippen LogP contribution in [0, 0.1) is 0 Å². The summed E-state index contributed by atoms with van der Waals surface area (Å²) in [5.74, 6) is 2.56. The van der Waals surface area contributed by atoms with E-state index in [-0.39, 0.29) is 5.41 Å². The average molecular weight is 443 g/mol. The summed E-state index contributed by atoms with van der Waals surface area (Å²) in [5, 5.41) is 2.44. The number of ether oxygens (including phenoxy) is 1. The Hall–Kier alpha value is -4.38. The molecule has 0 atom stereocenters. The molecule has 0 saturated carbocycles. The molecule has 6 aromatic rings. The molecule has 7 rings (SSSR count). The molecule has 3 aromatic carbocycles. The van der Waals surface area contributed by atoms with E-state index >= 15 is 0 Å². The third-order valence-corrected chi connectivity index (χ3v) is 6.96. The summed E-state index contributed by atoms with van der Waals surface area (Å²) in [7, 11) is 0. The SMILES string of the molecule is CC1(C)c2cccnc2-n2c3cc(Oc4cccc(-n5ccnc5)c4)ccc3c3cccc1c32. The van der Waals surface area contributed by atoms with Crippen molar-refractivity contribution in [3.63, 3.8) is 0 Å². The zero-order chi connectivity index (χ0) is 22.9. The van der Waals surface area contributed by atoms with Crippen LogP contribution in [0.3, 0.4) is 0 Å². The molecule has 0 saturated heterocycles. The van der Waals surface area contributed by atoms with Gasteiger partial charge in [-0.1, -0.05) is 44.2 Å². The van der Waals surface area contributed by atoms with Gasteiger partial charge in [-0.3, -0.25) is 4.57 Å². The lowest BCUT2D eigenvalue weighted by Gasteiger charge is -2.33. The normalized spacial score (nSPS) is 13.8. The maximum atomic E-state index is 6.33. The third-order valence-electron chi connectivity index (χ3n) is 6.96. The fraction of sp³-hybridized carbons (Fsp3) is 0.103. The first kappa shape index (κ1) is 19.1. The number of para-hydroxylation sites is 1. The number of hydrogen-bond acceptors (Lipinski definition) is 3. The van der Waals surface area contributed by atoms with Gasteiger partial charge in [0.25, 0.3) is 0 Å². The maximum Gasteiger partial charge on any atom is 0.141 e. The van der Waals surface area contributed by atoms with Gasteiger partial charge in [0.15, 0.2) is 0 Å². The van der Waals surface area contributed by atoms with Crippen molar-refractivity contribution in [3.8, 4) is 23.0 Å². The van der Waals surface area contributed by atoms with Gasteiger partial charge in [0, 0.05) is 52.5 Å². The van der Waals surface area contributed by atoms with Crippen molar-refractivity contribution in [3.05, 3.63) is 109 Å². The lowest BCUT2D eigenvalue weighted by Crippen LogP contribution is -2.26. The van der Waals surface area contributed by atoms with Crippen LogP contribution in [0.5, 0.6) is 11.5 Å². The monoisotopic (exact) mass is 442 g/mol. The first-order valence-electron chi connectivity index (χ1n) is 11.4. The van der Waals surface area contributed by atoms with E-state index in [4.69, 9.17) is 9.72 Å². The third kappa shape index (κ3) is 2.61. The molecule has 0 bridgehead atoms. The summed E-state index contributed by atoms with van der Waals surface area (Å²) in [5.41, 5.74) is 5.75. The Bertz CT molecular complexity index is 1710. The van der Waals surface area contributed by atoms with Crippen molar-refractivity contribution in [1.29, 1.82) is 0 Å². The van der Waals surface area contributed by atoms with Gasteiger partial charge in [-0.2, -0.15) is 0 Å². The second kappa shape index (κ2) is 6.81. The molecule has 0 radical (unpaired) electrons. The van der Waals surface area contributed by atoms with Gasteiger partial charge in [0.2, 0.25) is 0 Å². The maximum absolute atomic E-state index is 6.33. The summed E-state index contributed by atoms with van der Waals surface area (Å²) >= 11 is 0. The minimum Gasteiger partial charge on any atom is -0.457 e. The molecule has 0 unspecified atom stereocenters. The Morgan fingerprint density at radius 1 is 0.794 bits per heavy atom. The van der Waals surface area contributed by atoms with Crippen LogP contribution in [0.15, 0.2) is 97.7 Å². The Labute approximate surface area is 196 Å². The molecule has 1 aliphatic heterocycles. The van der Waals surface area contributed by atoms with Crippen LogP contribution >= 0.6 is 0 Å². The van der Waals surface area contributed by atoms with Crippen LogP contribution in [0.1, 0.15) is 25.0 Å². The van der Waals surface area contributed by atoms with Crippen LogP contribution in [0.2, 0.25) is 0 Å². The second-order valence-corrected chi connectivity index (χ2v) is 9.29. The smallest absolute Gasteiger partial charge is 0.141 e. The molecule has 5 heteroatoms. The molecule has 0 aliphatic carbocycles. The fourth-order valence-corrected chi connectivity index (χ4v) is 5.30. The van der Waals surface area contributed by atoms with Gasteiger partial charge in [-0.05, 0) is 35.9 Å². The van der Waals surface area contributed by atoms with Gasteiger partial charge in [-0.25, -0.2) is 9.97 Å². The Morgan fingerprint density at radius 2 is 1.65 bits per heavy atom. The summed E-state index contributed by atoms with van der Waals surface area (Å²) in [6.45, 7) is 4.57. The molecule has 1 aliphatic rings. The summed E-state index contributed by atoms with van der Waals surface area (Å²) in [4.78, 5) is 8.97. The largest absolute Gasteiger partial charge is 0.457 e. The van der Waals surface area contributed by atoms with Crippen molar-refractivity contribution >= 4 is 21.8 Å². The highest BCUT2D eigenvalue weighted by molar-refractivity contribution is 6.11. The van der Waals surface area contributed by atoms with E-state index in [9.17, 15) is 0 Å². The first-order valence-corrected chi connectivity index (χ1v) is 11.4. The van der Waals surface area contributed by atoms with Crippen LogP contribution < -0.4 is 4.74 Å². The topological polar surface area (TPSA) is 44.9 Å². The highest BCUT2D eigenvalue weighted by Gasteiger charge is 2.35. The number of rotatable bonds is 3. The Balaban J connectivity index is 1.42. The van der Waals surface area contributed by atoms with Crippen molar-refractivity contribution < 1.29 is 4.74 Å². The van der Waals surface area contributed by atoms with Crippen molar-refractivity contribution in [1.82, 2.24) is 19.1 Å². The van der Waals surface area contributed by atoms with Crippen molar-refractivity contribution in [2.45, 2.75) is 19.3 Å². The highest BCUT2D eigenvalue weighted by Crippen LogP contribution is 2.47. The van der Waals surface area contributed by atoms with Crippen LogP contribution in [0.4, 0.5) is 0 Å². The molecule has 3 aromatic heterocycles. The van der Waals surface area contributed by atoms with E-state index in [2.05, 4.69) is 59.8 Å². The number of benzene rings is 3. The van der Waals surface area contributed by atoms with Crippen LogP contribution in [-0.4, -0.2) is 19.1 Å². The number of nitrogens with zero attached hydrogens (tertiary/aromatic N) is 4. The quantitative estimate of drug-likeness (QED) is 0.303. The fourth-order valence-electron chi connectivity index (χ4n) is 5.30. The molecule has 0 fully saturated rings. The second-order valence-electron chi connectivity index (χ2n) is 9.29. The molecule has 0 N–H and O–H groups in total. The highest BCUT2D eigenvalue weighted by atomic mass is 16.5. The molecule has 34 heavy (non-hydrogen) atoms. The number of pyridine rings is 1. The first-order chi connectivity index (χ1) is 16.6. The minimum atomic E-state index is -0.124. The lowest BCUT2D eigenvalue weighted by atomic mass is 9.76. The average Bonchev–Trinajstić information content (AvgIpc) is 3.50. The van der Waals surface area contributed by atoms with Gasteiger partial charge in [-0.15, -0.1) is 0 Å². The zero-order valence-electron chi connectivity index (χ0n) is 18.9. The van der Waals surface area contributed by atoms with E-state index in [1.807, 2.05) is 53.4 Å². The number of imidazole rings is 1. The number of fused-ring (bicyclic) bond motifs is 5. The Morgan fingerprint density at radius 3 is 2.53 bits per heavy atom. The molecule has 4 heterocycles. The van der Waals surface area contributed by atoms with Gasteiger partial charge >= 0.3 is 0 Å². The van der Waals surface area contributed by atoms with E-state index in [0.29, 0.717) is 0 Å². The summed E-state index contributed by atoms with van der Waals surface area (Å²) in [6, 6.07) is 25.2. The van der Waals surface area contributed by atoms with E-state index in [0.717, 1.165) is 28.5 Å². The van der Waals surface area contributed by atoms with E-state index < -0.39 is 0 Å². The Kier molecular flexibility index (Phi) is 3.83. The zero-order valence-corrected chi connectivity index (χ0v) is 18.9. The predicted molar refractivity (Wildman–Crippen MR) is 134 cm³/mol. The predicted octanol–water partition coefficient (Wildman–Crippen LogP) is 6.80. The van der Waals surface area contributed by atoms with Gasteiger partial charge in [0.1, 0.15) is 17.3 Å². The molecular formula is C29H22N4O. The van der Waals surface area contributed by atoms with Gasteiger partial charge < -0.3 is 9.30 Å². The molecule has 0 spiro atoms. The summed E-state index contributed by atoms with van der Waals surface area (Å²) < 4.78 is 10.6. The minimum absolute atomic E-state index is 0.124. The molecule has 0 amide bonds. The molecule has 164 valence electrons. The lowest BCUT2D eigenvalue weighted by molar-refractivity contribution is 0.483. The van der Waals surface area contributed by atoms with Crippen molar-refractivity contribution in [2.24, 2.45) is 0 Å². The van der Waals surface area contributed by atoms with Crippen LogP contribution in [-0.2, 0) is 5.41 Å². The standard InChI is InChI=1S/C29H22N4O/c1-29(2)24-9-4-8-23-22-12-11-21(34-20-7-3-6-19(16-20)32-15-14-30-18-32)17-26(22)33(27(23)24)28-25(29)10-5-13-31-28/h3-18H,1-2H3. The number of aromatic nitrogens is 4. The van der Waals surface area contributed by atoms with Crippen molar-refractivity contribution in [2.75, 3.05) is 0 Å². The summed E-state index contributed by atoms with van der Waals surface area (Å²) in [6.07, 6.45) is 7.35. The molecule has 5 nitrogen and oxygen atoms in total. The van der Waals surface area contributed by atoms with E-state index in [1.54, 1.807) is 12.5 Å². The van der Waals surface area contributed by atoms with Gasteiger partial charge in [0.05, 0.1) is 23.0 Å². The van der Waals surface area contributed by atoms with Crippen LogP contribution in [0.25, 0.3) is 33.3 Å². The molecular weight excluding hydrogens is 420 g/mol. The number of hydrogen-bond donors (Lipinski definition) is 0. The van der Waals surface area contributed by atoms with E-state index in [1.165, 1.54) is 27.4 Å².